The minimum Gasteiger partial charge on any atom is -0.497 e. The molecule has 1 fully saturated rings. The number of likely N-dealkylation sites (tertiary alicyclic amines) is 1. The first-order valence-electron chi connectivity index (χ1n) is 6.72. The Labute approximate surface area is 118 Å². The Morgan fingerprint density at radius 1 is 1.45 bits per heavy atom. The highest BCUT2D eigenvalue weighted by atomic mass is 16.5. The van der Waals surface area contributed by atoms with Gasteiger partial charge in [0.25, 0.3) is 0 Å². The van der Waals surface area contributed by atoms with Gasteiger partial charge in [-0.05, 0) is 37.5 Å². The molecule has 0 saturated carbocycles. The average Bonchev–Trinajstić information content (AvgIpc) is 2.95. The molecule has 0 aromatic heterocycles. The molecule has 108 valence electrons. The SMILES string of the molecule is COc1cccc(C(C)C(=O)N2CCC[C@H]2C(=O)O)c1. The van der Waals surface area contributed by atoms with Gasteiger partial charge in [0.2, 0.25) is 5.91 Å². The Bertz CT molecular complexity index is 514. The third-order valence-corrected chi connectivity index (χ3v) is 3.79. The van der Waals surface area contributed by atoms with E-state index in [1.54, 1.807) is 14.0 Å². The van der Waals surface area contributed by atoms with Crippen LogP contribution in [0.1, 0.15) is 31.2 Å². The number of hydrogen-bond acceptors (Lipinski definition) is 3. The van der Waals surface area contributed by atoms with E-state index >= 15 is 0 Å². The molecular formula is C15H19NO4. The van der Waals surface area contributed by atoms with Gasteiger partial charge in [0.05, 0.1) is 13.0 Å². The summed E-state index contributed by atoms with van der Waals surface area (Å²) in [7, 11) is 1.58. The van der Waals surface area contributed by atoms with Crippen molar-refractivity contribution in [3.05, 3.63) is 29.8 Å². The van der Waals surface area contributed by atoms with Gasteiger partial charge in [-0.25, -0.2) is 4.79 Å². The van der Waals surface area contributed by atoms with E-state index in [9.17, 15) is 9.59 Å². The topological polar surface area (TPSA) is 66.8 Å². The van der Waals surface area contributed by atoms with Crippen molar-refractivity contribution in [1.82, 2.24) is 4.90 Å². The van der Waals surface area contributed by atoms with Crippen molar-refractivity contribution >= 4 is 11.9 Å². The number of aliphatic carboxylic acids is 1. The third kappa shape index (κ3) is 2.76. The van der Waals surface area contributed by atoms with Crippen LogP contribution in [0.2, 0.25) is 0 Å². The Hall–Kier alpha value is -2.04. The fraction of sp³-hybridized carbons (Fsp3) is 0.467. The summed E-state index contributed by atoms with van der Waals surface area (Å²) >= 11 is 0. The molecule has 20 heavy (non-hydrogen) atoms. The summed E-state index contributed by atoms with van der Waals surface area (Å²) in [4.78, 5) is 25.1. The first-order valence-corrected chi connectivity index (χ1v) is 6.72. The second-order valence-electron chi connectivity index (χ2n) is 5.03. The molecule has 0 radical (unpaired) electrons. The number of benzene rings is 1. The second-order valence-corrected chi connectivity index (χ2v) is 5.03. The fourth-order valence-corrected chi connectivity index (χ4v) is 2.59. The van der Waals surface area contributed by atoms with E-state index in [1.807, 2.05) is 24.3 Å². The zero-order chi connectivity index (χ0) is 14.7. The molecule has 0 spiro atoms. The molecule has 1 aromatic carbocycles. The number of carboxylic acids is 1. The number of carboxylic acid groups (broad SMARTS) is 1. The lowest BCUT2D eigenvalue weighted by Crippen LogP contribution is -2.42. The number of rotatable bonds is 4. The highest BCUT2D eigenvalue weighted by molar-refractivity contribution is 5.88. The lowest BCUT2D eigenvalue weighted by atomic mass is 9.99. The highest BCUT2D eigenvalue weighted by Crippen LogP contribution is 2.26. The first kappa shape index (κ1) is 14.4. The van der Waals surface area contributed by atoms with Gasteiger partial charge in [-0.15, -0.1) is 0 Å². The monoisotopic (exact) mass is 277 g/mol. The van der Waals surface area contributed by atoms with Crippen LogP contribution >= 0.6 is 0 Å². The van der Waals surface area contributed by atoms with Crippen molar-refractivity contribution < 1.29 is 19.4 Å². The van der Waals surface area contributed by atoms with Crippen LogP contribution in [-0.2, 0) is 9.59 Å². The summed E-state index contributed by atoms with van der Waals surface area (Å²) in [5.74, 6) is -0.736. The van der Waals surface area contributed by atoms with Crippen molar-refractivity contribution in [1.29, 1.82) is 0 Å². The standard InChI is InChI=1S/C15H19NO4/c1-10(11-5-3-6-12(9-11)20-2)14(17)16-8-4-7-13(16)15(18)19/h3,5-6,9-10,13H,4,7-8H2,1-2H3,(H,18,19)/t10?,13-/m0/s1. The van der Waals surface area contributed by atoms with Gasteiger partial charge in [0.15, 0.2) is 0 Å². The van der Waals surface area contributed by atoms with Gasteiger partial charge in [-0.1, -0.05) is 12.1 Å². The molecule has 1 heterocycles. The predicted molar refractivity (Wildman–Crippen MR) is 73.8 cm³/mol. The van der Waals surface area contributed by atoms with Crippen LogP contribution < -0.4 is 4.74 Å². The zero-order valence-electron chi connectivity index (χ0n) is 11.7. The molecule has 1 saturated heterocycles. The minimum atomic E-state index is -0.923. The number of hydrogen-bond donors (Lipinski definition) is 1. The van der Waals surface area contributed by atoms with Crippen LogP contribution in [0.3, 0.4) is 0 Å². The van der Waals surface area contributed by atoms with Crippen molar-refractivity contribution in [2.45, 2.75) is 31.7 Å². The van der Waals surface area contributed by atoms with Gasteiger partial charge < -0.3 is 14.7 Å². The minimum absolute atomic E-state index is 0.136. The summed E-state index contributed by atoms with van der Waals surface area (Å²) in [5, 5.41) is 9.15. The van der Waals surface area contributed by atoms with Crippen molar-refractivity contribution in [2.75, 3.05) is 13.7 Å². The lowest BCUT2D eigenvalue weighted by Gasteiger charge is -2.25. The second kappa shape index (κ2) is 5.94. The molecule has 1 N–H and O–H groups in total. The van der Waals surface area contributed by atoms with E-state index in [1.165, 1.54) is 4.90 Å². The van der Waals surface area contributed by atoms with E-state index in [0.717, 1.165) is 12.0 Å². The molecule has 5 nitrogen and oxygen atoms in total. The number of amides is 1. The third-order valence-electron chi connectivity index (χ3n) is 3.79. The van der Waals surface area contributed by atoms with Crippen molar-refractivity contribution in [3.8, 4) is 5.75 Å². The Kier molecular flexibility index (Phi) is 4.27. The largest absolute Gasteiger partial charge is 0.497 e. The molecular weight excluding hydrogens is 258 g/mol. The first-order chi connectivity index (χ1) is 9.54. The maximum Gasteiger partial charge on any atom is 0.326 e. The van der Waals surface area contributed by atoms with E-state index < -0.39 is 12.0 Å². The van der Waals surface area contributed by atoms with Crippen LogP contribution in [0.25, 0.3) is 0 Å². The number of methoxy groups -OCH3 is 1. The van der Waals surface area contributed by atoms with E-state index in [-0.39, 0.29) is 11.8 Å². The summed E-state index contributed by atoms with van der Waals surface area (Å²) < 4.78 is 5.15. The number of carbonyl (C=O) groups is 2. The molecule has 2 rings (SSSR count). The fourth-order valence-electron chi connectivity index (χ4n) is 2.59. The molecule has 1 amide bonds. The molecule has 1 unspecified atom stereocenters. The Balaban J connectivity index is 2.17. The zero-order valence-corrected chi connectivity index (χ0v) is 11.7. The average molecular weight is 277 g/mol. The molecule has 1 aliphatic heterocycles. The summed E-state index contributed by atoms with van der Waals surface area (Å²) in [6, 6.07) is 6.63. The maximum atomic E-state index is 12.5. The van der Waals surface area contributed by atoms with Gasteiger partial charge in [0.1, 0.15) is 11.8 Å². The molecule has 0 bridgehead atoms. The van der Waals surface area contributed by atoms with Crippen LogP contribution in [0.5, 0.6) is 5.75 Å². The molecule has 0 aliphatic carbocycles. The predicted octanol–water partition coefficient (Wildman–Crippen LogP) is 1.87. The van der Waals surface area contributed by atoms with Crippen LogP contribution in [0.4, 0.5) is 0 Å². The van der Waals surface area contributed by atoms with Crippen molar-refractivity contribution in [2.24, 2.45) is 0 Å². The smallest absolute Gasteiger partial charge is 0.326 e. The van der Waals surface area contributed by atoms with Gasteiger partial charge in [-0.2, -0.15) is 0 Å². The van der Waals surface area contributed by atoms with E-state index in [2.05, 4.69) is 0 Å². The quantitative estimate of drug-likeness (QED) is 0.912. The van der Waals surface area contributed by atoms with E-state index in [4.69, 9.17) is 9.84 Å². The lowest BCUT2D eigenvalue weighted by molar-refractivity contribution is -0.148. The summed E-state index contributed by atoms with van der Waals surface area (Å²) in [6.45, 7) is 2.32. The molecule has 5 heteroatoms. The van der Waals surface area contributed by atoms with Gasteiger partial charge >= 0.3 is 5.97 Å². The molecule has 1 aromatic rings. The summed E-state index contributed by atoms with van der Waals surface area (Å²) in [6.07, 6.45) is 1.28. The number of ether oxygens (including phenoxy) is 1. The Morgan fingerprint density at radius 2 is 2.20 bits per heavy atom. The van der Waals surface area contributed by atoms with Gasteiger partial charge in [0, 0.05) is 6.54 Å². The molecule has 1 aliphatic rings. The number of nitrogens with zero attached hydrogens (tertiary/aromatic N) is 1. The maximum absolute atomic E-state index is 12.5. The van der Waals surface area contributed by atoms with Gasteiger partial charge in [-0.3, -0.25) is 4.79 Å². The molecule has 2 atom stereocenters. The summed E-state index contributed by atoms with van der Waals surface area (Å²) in [5.41, 5.74) is 0.838. The van der Waals surface area contributed by atoms with Crippen LogP contribution in [0, 0.1) is 0 Å². The number of carbonyl (C=O) groups excluding carboxylic acids is 1. The van der Waals surface area contributed by atoms with Crippen LogP contribution in [0.15, 0.2) is 24.3 Å². The van der Waals surface area contributed by atoms with E-state index in [0.29, 0.717) is 18.7 Å². The Morgan fingerprint density at radius 3 is 2.85 bits per heavy atom. The van der Waals surface area contributed by atoms with Crippen molar-refractivity contribution in [3.63, 3.8) is 0 Å². The van der Waals surface area contributed by atoms with Crippen LogP contribution in [-0.4, -0.2) is 41.6 Å². The highest BCUT2D eigenvalue weighted by Gasteiger charge is 2.36. The normalized spacial score (nSPS) is 19.7.